The number of benzene rings is 2. The number of carbonyl (C=O) groups excluding carboxylic acids is 2. The molecule has 6 nitrogen and oxygen atoms in total. The lowest BCUT2D eigenvalue weighted by atomic mass is 10.1. The number of likely N-dealkylation sites (tertiary alicyclic amines) is 1. The Morgan fingerprint density at radius 2 is 1.34 bits per heavy atom. The Kier molecular flexibility index (Phi) is 7.58. The number of amides is 3. The van der Waals surface area contributed by atoms with Gasteiger partial charge in [-0.3, -0.25) is 9.69 Å². The first-order valence-electron chi connectivity index (χ1n) is 9.91. The monoisotopic (exact) mass is 398 g/mol. The molecule has 1 aliphatic heterocycles. The molecule has 0 aliphatic carbocycles. The summed E-state index contributed by atoms with van der Waals surface area (Å²) >= 11 is 0. The predicted molar refractivity (Wildman–Crippen MR) is 109 cm³/mol. The highest BCUT2D eigenvalue weighted by Crippen LogP contribution is 2.13. The van der Waals surface area contributed by atoms with Gasteiger partial charge in [0.05, 0.1) is 6.54 Å². The van der Waals surface area contributed by atoms with Crippen molar-refractivity contribution in [3.05, 3.63) is 71.0 Å². The van der Waals surface area contributed by atoms with Crippen LogP contribution in [0.5, 0.6) is 0 Å². The average molecular weight is 398 g/mol. The zero-order valence-electron chi connectivity index (χ0n) is 16.4. The van der Waals surface area contributed by atoms with Crippen LogP contribution in [-0.4, -0.2) is 36.5 Å². The fourth-order valence-corrected chi connectivity index (χ4v) is 3.23. The Hall–Kier alpha value is -2.93. The van der Waals surface area contributed by atoms with Gasteiger partial charge in [0.15, 0.2) is 0 Å². The summed E-state index contributed by atoms with van der Waals surface area (Å²) in [6, 6.07) is 13.7. The molecule has 29 heavy (non-hydrogen) atoms. The largest absolute Gasteiger partial charge is 0.350 e. The first-order chi connectivity index (χ1) is 14.1. The number of halogens is 1. The Morgan fingerprint density at radius 3 is 2.00 bits per heavy atom. The first kappa shape index (κ1) is 20.8. The Balaban J connectivity index is 1.31. The van der Waals surface area contributed by atoms with Gasteiger partial charge in [-0.2, -0.15) is 0 Å². The van der Waals surface area contributed by atoms with Gasteiger partial charge >= 0.3 is 6.03 Å². The molecular formula is C22H27FN4O2. The molecule has 154 valence electrons. The van der Waals surface area contributed by atoms with Gasteiger partial charge < -0.3 is 16.0 Å². The highest BCUT2D eigenvalue weighted by Gasteiger charge is 2.11. The standard InChI is InChI=1S/C22H27FN4O2/c23-20-9-7-18(8-10-20)14-25-22(29)26-15-21(28)24-13-17-3-5-19(6-4-17)16-27-11-1-2-12-27/h3-10H,1-2,11-16H2,(H,24,28)(H2,25,26,29). The second-order valence-electron chi connectivity index (χ2n) is 7.24. The van der Waals surface area contributed by atoms with Crippen LogP contribution in [0.15, 0.2) is 48.5 Å². The third kappa shape index (κ3) is 7.19. The lowest BCUT2D eigenvalue weighted by Gasteiger charge is -2.14. The molecule has 3 N–H and O–H groups in total. The number of nitrogens with zero attached hydrogens (tertiary/aromatic N) is 1. The van der Waals surface area contributed by atoms with Crippen molar-refractivity contribution < 1.29 is 14.0 Å². The van der Waals surface area contributed by atoms with Crippen LogP contribution in [0.4, 0.5) is 9.18 Å². The number of rotatable bonds is 8. The summed E-state index contributed by atoms with van der Waals surface area (Å²) in [5, 5.41) is 7.93. The molecule has 0 saturated carbocycles. The van der Waals surface area contributed by atoms with E-state index in [1.807, 2.05) is 12.1 Å². The molecule has 2 aromatic rings. The molecule has 1 heterocycles. The minimum absolute atomic E-state index is 0.109. The lowest BCUT2D eigenvalue weighted by molar-refractivity contribution is -0.120. The van der Waals surface area contributed by atoms with Crippen molar-refractivity contribution >= 4 is 11.9 Å². The second-order valence-corrected chi connectivity index (χ2v) is 7.24. The number of nitrogens with one attached hydrogen (secondary N) is 3. The Morgan fingerprint density at radius 1 is 0.793 bits per heavy atom. The van der Waals surface area contributed by atoms with E-state index in [0.29, 0.717) is 6.54 Å². The van der Waals surface area contributed by atoms with Crippen molar-refractivity contribution in [3.8, 4) is 0 Å². The van der Waals surface area contributed by atoms with Gasteiger partial charge in [-0.25, -0.2) is 9.18 Å². The van der Waals surface area contributed by atoms with E-state index in [0.717, 1.165) is 17.7 Å². The predicted octanol–water partition coefficient (Wildman–Crippen LogP) is 2.54. The van der Waals surface area contributed by atoms with Gasteiger partial charge in [0.1, 0.15) is 5.82 Å². The maximum Gasteiger partial charge on any atom is 0.315 e. The summed E-state index contributed by atoms with van der Waals surface area (Å²) in [6.45, 7) is 3.88. The second kappa shape index (κ2) is 10.6. The number of urea groups is 1. The molecule has 0 aromatic heterocycles. The van der Waals surface area contributed by atoms with Crippen molar-refractivity contribution in [3.63, 3.8) is 0 Å². The van der Waals surface area contributed by atoms with E-state index in [2.05, 4.69) is 33.0 Å². The molecule has 0 atom stereocenters. The zero-order chi connectivity index (χ0) is 20.5. The van der Waals surface area contributed by atoms with Crippen molar-refractivity contribution in [1.82, 2.24) is 20.9 Å². The minimum atomic E-state index is -0.448. The van der Waals surface area contributed by atoms with Gasteiger partial charge in [0, 0.05) is 19.6 Å². The summed E-state index contributed by atoms with van der Waals surface area (Å²) in [7, 11) is 0. The smallest absolute Gasteiger partial charge is 0.315 e. The molecule has 0 bridgehead atoms. The summed E-state index contributed by atoms with van der Waals surface area (Å²) in [4.78, 5) is 26.1. The maximum absolute atomic E-state index is 12.8. The normalized spacial score (nSPS) is 13.8. The van der Waals surface area contributed by atoms with Crippen molar-refractivity contribution in [2.24, 2.45) is 0 Å². The van der Waals surface area contributed by atoms with Crippen LogP contribution in [0, 0.1) is 5.82 Å². The van der Waals surface area contributed by atoms with E-state index >= 15 is 0 Å². The van der Waals surface area contributed by atoms with Crippen LogP contribution in [0.25, 0.3) is 0 Å². The summed E-state index contributed by atoms with van der Waals surface area (Å²) < 4.78 is 12.8. The number of hydrogen-bond donors (Lipinski definition) is 3. The number of hydrogen-bond acceptors (Lipinski definition) is 3. The Labute approximate surface area is 170 Å². The van der Waals surface area contributed by atoms with E-state index < -0.39 is 6.03 Å². The molecule has 1 fully saturated rings. The maximum atomic E-state index is 12.8. The van der Waals surface area contributed by atoms with E-state index in [9.17, 15) is 14.0 Å². The molecule has 3 rings (SSSR count). The van der Waals surface area contributed by atoms with E-state index in [1.54, 1.807) is 12.1 Å². The van der Waals surface area contributed by atoms with Crippen molar-refractivity contribution in [2.45, 2.75) is 32.5 Å². The molecule has 2 aromatic carbocycles. The lowest BCUT2D eigenvalue weighted by Crippen LogP contribution is -2.41. The summed E-state index contributed by atoms with van der Waals surface area (Å²) in [6.07, 6.45) is 2.56. The van der Waals surface area contributed by atoms with Gasteiger partial charge in [0.25, 0.3) is 0 Å². The van der Waals surface area contributed by atoms with Crippen LogP contribution in [0.3, 0.4) is 0 Å². The van der Waals surface area contributed by atoms with Gasteiger partial charge in [-0.15, -0.1) is 0 Å². The van der Waals surface area contributed by atoms with Gasteiger partial charge in [-0.05, 0) is 54.8 Å². The highest BCUT2D eigenvalue weighted by molar-refractivity contribution is 5.83. The molecule has 1 aliphatic rings. The summed E-state index contributed by atoms with van der Waals surface area (Å²) in [5.41, 5.74) is 3.07. The molecular weight excluding hydrogens is 371 g/mol. The quantitative estimate of drug-likeness (QED) is 0.640. The van der Waals surface area contributed by atoms with E-state index in [1.165, 1.54) is 43.6 Å². The van der Waals surface area contributed by atoms with Crippen LogP contribution < -0.4 is 16.0 Å². The third-order valence-electron chi connectivity index (χ3n) is 4.89. The molecule has 7 heteroatoms. The third-order valence-corrected chi connectivity index (χ3v) is 4.89. The minimum Gasteiger partial charge on any atom is -0.350 e. The van der Waals surface area contributed by atoms with Crippen LogP contribution in [-0.2, 0) is 24.4 Å². The van der Waals surface area contributed by atoms with Crippen LogP contribution >= 0.6 is 0 Å². The summed E-state index contributed by atoms with van der Waals surface area (Å²) in [5.74, 6) is -0.584. The topological polar surface area (TPSA) is 73.5 Å². The van der Waals surface area contributed by atoms with Crippen LogP contribution in [0.2, 0.25) is 0 Å². The Bertz CT molecular complexity index is 803. The fraction of sp³-hybridized carbons (Fsp3) is 0.364. The van der Waals surface area contributed by atoms with Crippen molar-refractivity contribution in [1.29, 1.82) is 0 Å². The zero-order valence-corrected chi connectivity index (χ0v) is 16.4. The van der Waals surface area contributed by atoms with E-state index in [-0.39, 0.29) is 24.8 Å². The van der Waals surface area contributed by atoms with Crippen molar-refractivity contribution in [2.75, 3.05) is 19.6 Å². The molecule has 0 unspecified atom stereocenters. The first-order valence-corrected chi connectivity index (χ1v) is 9.91. The number of carbonyl (C=O) groups is 2. The van der Waals surface area contributed by atoms with Crippen LogP contribution in [0.1, 0.15) is 29.5 Å². The fourth-order valence-electron chi connectivity index (χ4n) is 3.23. The van der Waals surface area contributed by atoms with E-state index in [4.69, 9.17) is 0 Å². The SMILES string of the molecule is O=C(CNC(=O)NCc1ccc(F)cc1)NCc1ccc(CN2CCCC2)cc1. The average Bonchev–Trinajstić information content (AvgIpc) is 3.24. The molecule has 0 spiro atoms. The van der Waals surface area contributed by atoms with Gasteiger partial charge in [-0.1, -0.05) is 36.4 Å². The highest BCUT2D eigenvalue weighted by atomic mass is 19.1. The molecule has 1 saturated heterocycles. The van der Waals surface area contributed by atoms with Gasteiger partial charge in [0.2, 0.25) is 5.91 Å². The molecule has 3 amide bonds. The molecule has 0 radical (unpaired) electrons.